The maximum absolute atomic E-state index is 9.59. The summed E-state index contributed by atoms with van der Waals surface area (Å²) in [5, 5.41) is 9.59. The van der Waals surface area contributed by atoms with Gasteiger partial charge in [0, 0.05) is 0 Å². The van der Waals surface area contributed by atoms with Gasteiger partial charge in [0.2, 0.25) is 0 Å². The van der Waals surface area contributed by atoms with Crippen molar-refractivity contribution in [2.45, 2.75) is 52.7 Å². The Balaban J connectivity index is 2.95. The van der Waals surface area contributed by atoms with Crippen molar-refractivity contribution in [1.82, 2.24) is 9.97 Å². The van der Waals surface area contributed by atoms with E-state index in [0.717, 1.165) is 0 Å². The van der Waals surface area contributed by atoms with Gasteiger partial charge in [-0.05, 0) is 41.5 Å². The summed E-state index contributed by atoms with van der Waals surface area (Å²) >= 11 is 0. The van der Waals surface area contributed by atoms with Gasteiger partial charge in [0.25, 0.3) is 5.88 Å². The SMILES string of the molecule is CC(C)(C)Oc1ncc(O)c(OC(C)(C)C)n1. The lowest BCUT2D eigenvalue weighted by Gasteiger charge is -2.22. The third-order valence-electron chi connectivity index (χ3n) is 1.51. The highest BCUT2D eigenvalue weighted by atomic mass is 16.5. The molecule has 0 aliphatic rings. The first-order chi connectivity index (χ1) is 7.57. The summed E-state index contributed by atoms with van der Waals surface area (Å²) in [6.07, 6.45) is 1.27. The van der Waals surface area contributed by atoms with Crippen molar-refractivity contribution >= 4 is 0 Å². The molecule has 0 radical (unpaired) electrons. The normalized spacial score (nSPS) is 12.4. The molecule has 0 atom stereocenters. The molecule has 0 unspecified atom stereocenters. The summed E-state index contributed by atoms with van der Waals surface area (Å²) in [5.41, 5.74) is -0.833. The number of nitrogens with zero attached hydrogens (tertiary/aromatic N) is 2. The molecule has 0 fully saturated rings. The third kappa shape index (κ3) is 4.89. The van der Waals surface area contributed by atoms with E-state index in [1.807, 2.05) is 41.5 Å². The van der Waals surface area contributed by atoms with Gasteiger partial charge in [-0.3, -0.25) is 0 Å². The Kier molecular flexibility index (Phi) is 3.50. The van der Waals surface area contributed by atoms with Gasteiger partial charge in [-0.15, -0.1) is 0 Å². The number of aromatic nitrogens is 2. The molecule has 0 aliphatic carbocycles. The molecule has 5 nitrogen and oxygen atoms in total. The summed E-state index contributed by atoms with van der Waals surface area (Å²) in [7, 11) is 0. The summed E-state index contributed by atoms with van der Waals surface area (Å²) in [6, 6.07) is 0.189. The summed E-state index contributed by atoms with van der Waals surface area (Å²) in [6.45, 7) is 11.3. The van der Waals surface area contributed by atoms with Crippen LogP contribution in [0.1, 0.15) is 41.5 Å². The van der Waals surface area contributed by atoms with E-state index in [-0.39, 0.29) is 17.6 Å². The fourth-order valence-electron chi connectivity index (χ4n) is 1.03. The van der Waals surface area contributed by atoms with Crippen LogP contribution in [-0.2, 0) is 0 Å². The largest absolute Gasteiger partial charge is 0.502 e. The second-order valence-electron chi connectivity index (χ2n) is 5.77. The van der Waals surface area contributed by atoms with Crippen LogP contribution >= 0.6 is 0 Å². The van der Waals surface area contributed by atoms with E-state index in [0.29, 0.717) is 0 Å². The number of rotatable bonds is 2. The van der Waals surface area contributed by atoms with Crippen LogP contribution < -0.4 is 9.47 Å². The van der Waals surface area contributed by atoms with Gasteiger partial charge in [0.15, 0.2) is 5.75 Å². The van der Waals surface area contributed by atoms with Crippen molar-refractivity contribution in [3.05, 3.63) is 6.20 Å². The van der Waals surface area contributed by atoms with Crippen LogP contribution in [0.3, 0.4) is 0 Å². The zero-order valence-electron chi connectivity index (χ0n) is 11.2. The minimum absolute atomic E-state index is 0.0961. The van der Waals surface area contributed by atoms with Crippen molar-refractivity contribution in [3.8, 4) is 17.6 Å². The molecule has 0 bridgehead atoms. The summed E-state index contributed by atoms with van der Waals surface area (Å²) in [5.74, 6) is 0.0351. The lowest BCUT2D eigenvalue weighted by atomic mass is 10.2. The Morgan fingerprint density at radius 3 is 2.00 bits per heavy atom. The van der Waals surface area contributed by atoms with Gasteiger partial charge in [-0.25, -0.2) is 0 Å². The zero-order valence-corrected chi connectivity index (χ0v) is 11.2. The Bertz CT molecular complexity index is 392. The summed E-state index contributed by atoms with van der Waals surface area (Å²) < 4.78 is 11.0. The van der Waals surface area contributed by atoms with E-state index in [1.54, 1.807) is 0 Å². The van der Waals surface area contributed by atoms with Crippen molar-refractivity contribution in [2.75, 3.05) is 0 Å². The van der Waals surface area contributed by atoms with Crippen molar-refractivity contribution in [1.29, 1.82) is 0 Å². The quantitative estimate of drug-likeness (QED) is 0.860. The summed E-state index contributed by atoms with van der Waals surface area (Å²) in [4.78, 5) is 7.93. The van der Waals surface area contributed by atoms with Crippen LogP contribution in [0.15, 0.2) is 6.20 Å². The first-order valence-corrected chi connectivity index (χ1v) is 5.51. The lowest BCUT2D eigenvalue weighted by Crippen LogP contribution is -2.26. The molecular formula is C12H20N2O3. The predicted molar refractivity (Wildman–Crippen MR) is 64.5 cm³/mol. The monoisotopic (exact) mass is 240 g/mol. The third-order valence-corrected chi connectivity index (χ3v) is 1.51. The second kappa shape index (κ2) is 4.39. The molecule has 0 saturated heterocycles. The molecule has 96 valence electrons. The van der Waals surface area contributed by atoms with Gasteiger partial charge >= 0.3 is 6.01 Å². The molecule has 0 aromatic carbocycles. The minimum Gasteiger partial charge on any atom is -0.502 e. The van der Waals surface area contributed by atoms with E-state index in [9.17, 15) is 5.11 Å². The van der Waals surface area contributed by atoms with Crippen LogP contribution in [0, 0.1) is 0 Å². The molecule has 1 N–H and O–H groups in total. The first kappa shape index (κ1) is 13.5. The van der Waals surface area contributed by atoms with Gasteiger partial charge in [-0.2, -0.15) is 9.97 Å². The van der Waals surface area contributed by atoms with Gasteiger partial charge in [0.05, 0.1) is 6.20 Å². The van der Waals surface area contributed by atoms with Crippen LogP contribution in [0.4, 0.5) is 0 Å². The molecule has 1 aromatic rings. The maximum Gasteiger partial charge on any atom is 0.320 e. The number of hydrogen-bond donors (Lipinski definition) is 1. The Morgan fingerprint density at radius 2 is 1.53 bits per heavy atom. The second-order valence-corrected chi connectivity index (χ2v) is 5.77. The fourth-order valence-corrected chi connectivity index (χ4v) is 1.03. The van der Waals surface area contributed by atoms with E-state index in [4.69, 9.17) is 9.47 Å². The predicted octanol–water partition coefficient (Wildman–Crippen LogP) is 2.54. The zero-order chi connectivity index (χ0) is 13.3. The Morgan fingerprint density at radius 1 is 1.00 bits per heavy atom. The molecule has 0 amide bonds. The molecule has 0 saturated carbocycles. The number of aromatic hydroxyl groups is 1. The van der Waals surface area contributed by atoms with Crippen LogP contribution in [0.5, 0.6) is 17.6 Å². The molecule has 1 rings (SSSR count). The Hall–Kier alpha value is -1.52. The molecule has 5 heteroatoms. The van der Waals surface area contributed by atoms with Crippen molar-refractivity contribution in [2.24, 2.45) is 0 Å². The molecule has 17 heavy (non-hydrogen) atoms. The highest BCUT2D eigenvalue weighted by molar-refractivity contribution is 5.30. The van der Waals surface area contributed by atoms with Gasteiger partial charge < -0.3 is 14.6 Å². The van der Waals surface area contributed by atoms with E-state index in [2.05, 4.69) is 9.97 Å². The number of ether oxygens (including phenoxy) is 2. The molecule has 1 heterocycles. The van der Waals surface area contributed by atoms with Crippen LogP contribution in [0.2, 0.25) is 0 Å². The van der Waals surface area contributed by atoms with E-state index >= 15 is 0 Å². The first-order valence-electron chi connectivity index (χ1n) is 5.51. The fraction of sp³-hybridized carbons (Fsp3) is 0.667. The number of hydrogen-bond acceptors (Lipinski definition) is 5. The molecule has 0 spiro atoms. The average Bonchev–Trinajstić information content (AvgIpc) is 2.05. The smallest absolute Gasteiger partial charge is 0.320 e. The van der Waals surface area contributed by atoms with Gasteiger partial charge in [0.1, 0.15) is 11.2 Å². The lowest BCUT2D eigenvalue weighted by molar-refractivity contribution is 0.0995. The highest BCUT2D eigenvalue weighted by Crippen LogP contribution is 2.28. The highest BCUT2D eigenvalue weighted by Gasteiger charge is 2.19. The molecule has 0 aliphatic heterocycles. The van der Waals surface area contributed by atoms with E-state index < -0.39 is 11.2 Å². The standard InChI is InChI=1S/C12H20N2O3/c1-11(2,3)16-9-8(15)7-13-10(14-9)17-12(4,5)6/h7,15H,1-6H3. The van der Waals surface area contributed by atoms with E-state index in [1.165, 1.54) is 6.20 Å². The molecule has 1 aromatic heterocycles. The topological polar surface area (TPSA) is 64.5 Å². The van der Waals surface area contributed by atoms with Crippen molar-refractivity contribution in [3.63, 3.8) is 0 Å². The Labute approximate surface area is 102 Å². The van der Waals surface area contributed by atoms with Crippen LogP contribution in [-0.4, -0.2) is 26.3 Å². The van der Waals surface area contributed by atoms with Crippen molar-refractivity contribution < 1.29 is 14.6 Å². The average molecular weight is 240 g/mol. The maximum atomic E-state index is 9.59. The molecular weight excluding hydrogens is 220 g/mol. The van der Waals surface area contributed by atoms with Gasteiger partial charge in [-0.1, -0.05) is 0 Å². The van der Waals surface area contributed by atoms with Crippen LogP contribution in [0.25, 0.3) is 0 Å². The minimum atomic E-state index is -0.440.